The van der Waals surface area contributed by atoms with Crippen LogP contribution in [0, 0.1) is 6.92 Å². The molecule has 10 heteroatoms. The Morgan fingerprint density at radius 3 is 2.72 bits per heavy atom. The molecule has 0 aliphatic rings. The minimum absolute atomic E-state index is 0.0534. The van der Waals surface area contributed by atoms with Crippen LogP contribution in [-0.2, 0) is 13.7 Å². The van der Waals surface area contributed by atoms with Crippen LogP contribution in [0.4, 0.5) is 16.0 Å². The lowest BCUT2D eigenvalue weighted by molar-refractivity contribution is 0.102. The van der Waals surface area contributed by atoms with E-state index in [0.717, 1.165) is 4.57 Å². The highest BCUT2D eigenvalue weighted by atomic mass is 19.1. The topological polar surface area (TPSA) is 125 Å². The molecule has 32 heavy (non-hydrogen) atoms. The number of aryl methyl sites for hydroxylation is 2. The van der Waals surface area contributed by atoms with Crippen LogP contribution in [0.1, 0.15) is 21.5 Å². The third-order valence-corrected chi connectivity index (χ3v) is 5.07. The van der Waals surface area contributed by atoms with Crippen LogP contribution in [0.5, 0.6) is 0 Å². The van der Waals surface area contributed by atoms with Crippen molar-refractivity contribution in [2.45, 2.75) is 13.6 Å². The van der Waals surface area contributed by atoms with Crippen molar-refractivity contribution in [1.82, 2.24) is 19.1 Å². The molecular weight excluding hydrogens is 415 g/mol. The third kappa shape index (κ3) is 3.62. The van der Waals surface area contributed by atoms with Crippen LogP contribution in [0.15, 0.2) is 58.3 Å². The van der Waals surface area contributed by atoms with E-state index in [2.05, 4.69) is 15.3 Å². The third-order valence-electron chi connectivity index (χ3n) is 5.07. The van der Waals surface area contributed by atoms with Crippen molar-refractivity contribution in [2.75, 3.05) is 11.1 Å². The van der Waals surface area contributed by atoms with Gasteiger partial charge in [-0.15, -0.1) is 0 Å². The molecule has 162 valence electrons. The number of anilines is 2. The van der Waals surface area contributed by atoms with Gasteiger partial charge in [0.1, 0.15) is 12.1 Å². The van der Waals surface area contributed by atoms with E-state index in [-0.39, 0.29) is 22.5 Å². The number of nitrogen functional groups attached to an aromatic ring is 1. The molecule has 0 spiro atoms. The van der Waals surface area contributed by atoms with Gasteiger partial charge in [0, 0.05) is 24.5 Å². The van der Waals surface area contributed by atoms with Gasteiger partial charge in [0.15, 0.2) is 5.65 Å². The lowest BCUT2D eigenvalue weighted by atomic mass is 10.1. The Hall–Kier alpha value is -4.34. The number of carbonyl (C=O) groups is 1. The number of nitrogens with two attached hydrogens (primary N) is 1. The van der Waals surface area contributed by atoms with Gasteiger partial charge in [0.05, 0.1) is 5.69 Å². The molecular formula is C22H19FN6O3. The average molecular weight is 434 g/mol. The van der Waals surface area contributed by atoms with Gasteiger partial charge in [-0.2, -0.15) is 4.98 Å². The summed E-state index contributed by atoms with van der Waals surface area (Å²) in [4.78, 5) is 46.6. The first-order valence-corrected chi connectivity index (χ1v) is 9.61. The summed E-state index contributed by atoms with van der Waals surface area (Å²) in [5.41, 5.74) is 6.46. The minimum Gasteiger partial charge on any atom is -0.368 e. The highest BCUT2D eigenvalue weighted by Crippen LogP contribution is 2.19. The number of nitrogens with one attached hydrogen (secondary N) is 1. The first kappa shape index (κ1) is 20.9. The maximum Gasteiger partial charge on any atom is 0.337 e. The summed E-state index contributed by atoms with van der Waals surface area (Å²) in [5.74, 6) is -0.500. The smallest absolute Gasteiger partial charge is 0.337 e. The molecule has 4 rings (SSSR count). The number of benzene rings is 2. The highest BCUT2D eigenvalue weighted by molar-refractivity contribution is 6.04. The van der Waals surface area contributed by atoms with Crippen molar-refractivity contribution in [2.24, 2.45) is 7.05 Å². The Morgan fingerprint density at radius 2 is 1.97 bits per heavy atom. The maximum atomic E-state index is 13.1. The predicted molar refractivity (Wildman–Crippen MR) is 119 cm³/mol. The largest absolute Gasteiger partial charge is 0.368 e. The lowest BCUT2D eigenvalue weighted by Crippen LogP contribution is -2.38. The van der Waals surface area contributed by atoms with E-state index in [9.17, 15) is 18.8 Å². The Bertz CT molecular complexity index is 1490. The van der Waals surface area contributed by atoms with E-state index in [0.29, 0.717) is 22.5 Å². The van der Waals surface area contributed by atoms with E-state index in [4.69, 9.17) is 5.73 Å². The van der Waals surface area contributed by atoms with E-state index >= 15 is 0 Å². The zero-order chi connectivity index (χ0) is 23.0. The number of carbonyl (C=O) groups excluding carboxylic acids is 1. The molecule has 0 aliphatic carbocycles. The van der Waals surface area contributed by atoms with Crippen molar-refractivity contribution < 1.29 is 9.18 Å². The highest BCUT2D eigenvalue weighted by Gasteiger charge is 2.17. The fourth-order valence-corrected chi connectivity index (χ4v) is 3.38. The fourth-order valence-electron chi connectivity index (χ4n) is 3.38. The molecule has 0 atom stereocenters. The number of hydrogen-bond acceptors (Lipinski definition) is 6. The second-order valence-electron chi connectivity index (χ2n) is 7.24. The molecule has 2 heterocycles. The molecule has 2 aromatic heterocycles. The summed E-state index contributed by atoms with van der Waals surface area (Å²) in [5, 5.41) is 2.84. The number of hydrogen-bond donors (Lipinski definition) is 2. The number of rotatable bonds is 4. The number of alkyl halides is 1. The number of amides is 1. The van der Waals surface area contributed by atoms with Crippen LogP contribution >= 0.6 is 0 Å². The van der Waals surface area contributed by atoms with E-state index in [1.165, 1.54) is 29.9 Å². The molecule has 0 aliphatic heterocycles. The molecule has 3 N–H and O–H groups in total. The standard InChI is InChI=1S/C22H19FN6O3/c1-12-6-7-15(26-19(30)14-5-3-4-13(8-14)10-23)9-17(12)29-20(31)16-11-25-21(24)27-18(16)28(2)22(29)32/h3-9,11H,10H2,1-2H3,(H,26,30)(H2,24,25,27). The monoisotopic (exact) mass is 434 g/mol. The quantitative estimate of drug-likeness (QED) is 0.507. The fraction of sp³-hybridized carbons (Fsp3) is 0.136. The molecule has 1 amide bonds. The molecule has 4 aromatic rings. The molecule has 0 radical (unpaired) electrons. The molecule has 2 aromatic carbocycles. The number of fused-ring (bicyclic) bond motifs is 1. The average Bonchev–Trinajstić information content (AvgIpc) is 2.79. The van der Waals surface area contributed by atoms with Gasteiger partial charge in [-0.1, -0.05) is 18.2 Å². The summed E-state index contributed by atoms with van der Waals surface area (Å²) in [7, 11) is 1.48. The van der Waals surface area contributed by atoms with Crippen molar-refractivity contribution in [1.29, 1.82) is 0 Å². The van der Waals surface area contributed by atoms with Crippen molar-refractivity contribution >= 4 is 28.6 Å². The molecule has 0 saturated carbocycles. The summed E-state index contributed by atoms with van der Waals surface area (Å²) in [6.45, 7) is 1.06. The van der Waals surface area contributed by atoms with Gasteiger partial charge < -0.3 is 11.1 Å². The Kier molecular flexibility index (Phi) is 5.27. The predicted octanol–water partition coefficient (Wildman–Crippen LogP) is 2.09. The minimum atomic E-state index is -0.681. The van der Waals surface area contributed by atoms with Crippen molar-refractivity contribution in [3.8, 4) is 5.69 Å². The van der Waals surface area contributed by atoms with Gasteiger partial charge >= 0.3 is 5.69 Å². The summed E-state index contributed by atoms with van der Waals surface area (Å²) < 4.78 is 15.1. The molecule has 0 fully saturated rings. The van der Waals surface area contributed by atoms with Gasteiger partial charge in [-0.3, -0.25) is 14.2 Å². The number of nitrogens with zero attached hydrogens (tertiary/aromatic N) is 4. The Labute approximate surface area is 181 Å². The van der Waals surface area contributed by atoms with E-state index in [1.807, 2.05) is 0 Å². The van der Waals surface area contributed by atoms with Crippen LogP contribution in [0.3, 0.4) is 0 Å². The van der Waals surface area contributed by atoms with Gasteiger partial charge in [0.2, 0.25) is 5.95 Å². The lowest BCUT2D eigenvalue weighted by Gasteiger charge is -2.14. The normalized spacial score (nSPS) is 11.0. The van der Waals surface area contributed by atoms with Crippen LogP contribution in [0.25, 0.3) is 16.7 Å². The Balaban J connectivity index is 1.81. The first-order chi connectivity index (χ1) is 15.3. The number of halogens is 1. The van der Waals surface area contributed by atoms with Crippen molar-refractivity contribution in [3.63, 3.8) is 0 Å². The zero-order valence-corrected chi connectivity index (χ0v) is 17.3. The van der Waals surface area contributed by atoms with Crippen LogP contribution in [0.2, 0.25) is 0 Å². The van der Waals surface area contributed by atoms with Crippen LogP contribution in [-0.4, -0.2) is 25.0 Å². The molecule has 0 bridgehead atoms. The van der Waals surface area contributed by atoms with Gasteiger partial charge in [-0.05, 0) is 42.3 Å². The first-order valence-electron chi connectivity index (χ1n) is 9.61. The SMILES string of the molecule is Cc1ccc(NC(=O)c2cccc(CF)c2)cc1-n1c(=O)c2cnc(N)nc2n(C)c1=O. The van der Waals surface area contributed by atoms with Crippen LogP contribution < -0.4 is 22.3 Å². The number of aromatic nitrogens is 4. The maximum absolute atomic E-state index is 13.1. The second kappa shape index (κ2) is 8.06. The molecule has 9 nitrogen and oxygen atoms in total. The summed E-state index contributed by atoms with van der Waals surface area (Å²) in [6.07, 6.45) is 1.27. The molecule has 0 unspecified atom stereocenters. The van der Waals surface area contributed by atoms with Gasteiger partial charge in [-0.25, -0.2) is 18.7 Å². The van der Waals surface area contributed by atoms with E-state index < -0.39 is 23.8 Å². The zero-order valence-electron chi connectivity index (χ0n) is 17.3. The van der Waals surface area contributed by atoms with Gasteiger partial charge in [0.25, 0.3) is 11.5 Å². The van der Waals surface area contributed by atoms with Crippen molar-refractivity contribution in [3.05, 3.63) is 86.2 Å². The summed E-state index contributed by atoms with van der Waals surface area (Å²) in [6, 6.07) is 11.1. The Morgan fingerprint density at radius 1 is 1.19 bits per heavy atom. The van der Waals surface area contributed by atoms with E-state index in [1.54, 1.807) is 37.3 Å². The molecule has 0 saturated heterocycles. The summed E-state index contributed by atoms with van der Waals surface area (Å²) >= 11 is 0. The second-order valence-corrected chi connectivity index (χ2v) is 7.24.